The standard InChI is InChI=1S/C19H15FN2O3/c1-25-14-5-2-4-12(10-14)13-7-8-17(16(20)11-13)22-18-15(19(23)24)6-3-9-21-18/h2-11H,1H3,(H,21,22)(H,23,24). The van der Waals surface area contributed by atoms with Crippen molar-refractivity contribution in [3.05, 3.63) is 72.2 Å². The number of carboxylic acid groups (broad SMARTS) is 1. The zero-order chi connectivity index (χ0) is 17.8. The Bertz CT molecular complexity index is 928. The van der Waals surface area contributed by atoms with Crippen molar-refractivity contribution in [2.45, 2.75) is 0 Å². The molecule has 0 spiro atoms. The number of carbonyl (C=O) groups is 1. The van der Waals surface area contributed by atoms with E-state index in [4.69, 9.17) is 9.84 Å². The second-order valence-corrected chi connectivity index (χ2v) is 5.26. The Labute approximate surface area is 143 Å². The highest BCUT2D eigenvalue weighted by Crippen LogP contribution is 2.28. The lowest BCUT2D eigenvalue weighted by Gasteiger charge is -2.11. The summed E-state index contributed by atoms with van der Waals surface area (Å²) < 4.78 is 19.6. The van der Waals surface area contributed by atoms with Crippen molar-refractivity contribution < 1.29 is 19.0 Å². The molecular formula is C19H15FN2O3. The molecule has 3 aromatic rings. The quantitative estimate of drug-likeness (QED) is 0.724. The Morgan fingerprint density at radius 2 is 1.92 bits per heavy atom. The maximum Gasteiger partial charge on any atom is 0.339 e. The van der Waals surface area contributed by atoms with Crippen molar-refractivity contribution in [1.29, 1.82) is 0 Å². The lowest BCUT2D eigenvalue weighted by Crippen LogP contribution is -2.05. The van der Waals surface area contributed by atoms with Crippen molar-refractivity contribution >= 4 is 17.5 Å². The number of benzene rings is 2. The first-order valence-electron chi connectivity index (χ1n) is 7.48. The molecule has 2 N–H and O–H groups in total. The van der Waals surface area contributed by atoms with Gasteiger partial charge in [-0.15, -0.1) is 0 Å². The van der Waals surface area contributed by atoms with Crippen molar-refractivity contribution in [2.75, 3.05) is 12.4 Å². The van der Waals surface area contributed by atoms with Crippen LogP contribution in [0.2, 0.25) is 0 Å². The van der Waals surface area contributed by atoms with Gasteiger partial charge in [0.15, 0.2) is 0 Å². The fourth-order valence-electron chi connectivity index (χ4n) is 2.40. The van der Waals surface area contributed by atoms with E-state index in [-0.39, 0.29) is 17.1 Å². The minimum Gasteiger partial charge on any atom is -0.497 e. The number of methoxy groups -OCH3 is 1. The summed E-state index contributed by atoms with van der Waals surface area (Å²) in [7, 11) is 1.57. The monoisotopic (exact) mass is 338 g/mol. The van der Waals surface area contributed by atoms with Crippen molar-refractivity contribution in [2.24, 2.45) is 0 Å². The molecule has 0 saturated carbocycles. The second-order valence-electron chi connectivity index (χ2n) is 5.26. The van der Waals surface area contributed by atoms with Gasteiger partial charge in [0.05, 0.1) is 12.8 Å². The van der Waals surface area contributed by atoms with E-state index in [9.17, 15) is 9.18 Å². The summed E-state index contributed by atoms with van der Waals surface area (Å²) in [6.45, 7) is 0. The predicted molar refractivity (Wildman–Crippen MR) is 92.9 cm³/mol. The van der Waals surface area contributed by atoms with Gasteiger partial charge in [0.2, 0.25) is 0 Å². The number of carboxylic acids is 1. The summed E-state index contributed by atoms with van der Waals surface area (Å²) in [5.74, 6) is -0.881. The zero-order valence-corrected chi connectivity index (χ0v) is 13.4. The number of halogens is 1. The van der Waals surface area contributed by atoms with Crippen LogP contribution in [0.4, 0.5) is 15.9 Å². The van der Waals surface area contributed by atoms with Gasteiger partial charge in [-0.05, 0) is 47.5 Å². The zero-order valence-electron chi connectivity index (χ0n) is 13.4. The molecule has 0 atom stereocenters. The summed E-state index contributed by atoms with van der Waals surface area (Å²) >= 11 is 0. The second kappa shape index (κ2) is 7.00. The van der Waals surface area contributed by atoms with E-state index >= 15 is 0 Å². The molecule has 3 rings (SSSR count). The van der Waals surface area contributed by atoms with Crippen LogP contribution < -0.4 is 10.1 Å². The fourth-order valence-corrected chi connectivity index (χ4v) is 2.40. The van der Waals surface area contributed by atoms with E-state index < -0.39 is 11.8 Å². The smallest absolute Gasteiger partial charge is 0.339 e. The molecule has 5 nitrogen and oxygen atoms in total. The molecule has 0 amide bonds. The van der Waals surface area contributed by atoms with Gasteiger partial charge in [-0.2, -0.15) is 0 Å². The van der Waals surface area contributed by atoms with Crippen LogP contribution in [0.3, 0.4) is 0 Å². The Morgan fingerprint density at radius 1 is 1.12 bits per heavy atom. The largest absolute Gasteiger partial charge is 0.497 e. The maximum atomic E-state index is 14.5. The van der Waals surface area contributed by atoms with Crippen LogP contribution in [-0.2, 0) is 0 Å². The van der Waals surface area contributed by atoms with E-state index in [1.165, 1.54) is 24.4 Å². The van der Waals surface area contributed by atoms with Crippen LogP contribution >= 0.6 is 0 Å². The third kappa shape index (κ3) is 3.58. The molecule has 0 aliphatic heterocycles. The molecule has 0 unspecified atom stereocenters. The number of anilines is 2. The molecule has 0 aliphatic rings. The molecule has 0 bridgehead atoms. The molecule has 1 heterocycles. The van der Waals surface area contributed by atoms with Gasteiger partial charge >= 0.3 is 5.97 Å². The molecular weight excluding hydrogens is 323 g/mol. The Balaban J connectivity index is 1.92. The van der Waals surface area contributed by atoms with Crippen LogP contribution in [0.5, 0.6) is 5.75 Å². The average Bonchev–Trinajstić information content (AvgIpc) is 2.63. The lowest BCUT2D eigenvalue weighted by molar-refractivity contribution is 0.0697. The topological polar surface area (TPSA) is 71.5 Å². The summed E-state index contributed by atoms with van der Waals surface area (Å²) in [4.78, 5) is 15.2. The van der Waals surface area contributed by atoms with Crippen LogP contribution in [0.25, 0.3) is 11.1 Å². The Morgan fingerprint density at radius 3 is 2.64 bits per heavy atom. The minimum absolute atomic E-state index is 0.0289. The van der Waals surface area contributed by atoms with E-state index in [2.05, 4.69) is 10.3 Å². The van der Waals surface area contributed by atoms with Gasteiger partial charge in [-0.3, -0.25) is 0 Å². The first kappa shape index (κ1) is 16.4. The summed E-state index contributed by atoms with van der Waals surface area (Å²) in [6.07, 6.45) is 1.44. The molecule has 6 heteroatoms. The highest BCUT2D eigenvalue weighted by molar-refractivity contribution is 5.93. The number of aromatic carboxylic acids is 1. The molecule has 0 radical (unpaired) electrons. The number of nitrogens with zero attached hydrogens (tertiary/aromatic N) is 1. The number of hydrogen-bond donors (Lipinski definition) is 2. The van der Waals surface area contributed by atoms with E-state index in [0.29, 0.717) is 11.3 Å². The van der Waals surface area contributed by atoms with Gasteiger partial charge in [0.25, 0.3) is 0 Å². The summed E-state index contributed by atoms with van der Waals surface area (Å²) in [6, 6.07) is 14.9. The highest BCUT2D eigenvalue weighted by atomic mass is 19.1. The predicted octanol–water partition coefficient (Wildman–Crippen LogP) is 4.34. The van der Waals surface area contributed by atoms with E-state index in [1.54, 1.807) is 19.2 Å². The molecule has 2 aromatic carbocycles. The van der Waals surface area contributed by atoms with Gasteiger partial charge in [-0.25, -0.2) is 14.2 Å². The first-order valence-corrected chi connectivity index (χ1v) is 7.48. The SMILES string of the molecule is COc1cccc(-c2ccc(Nc3ncccc3C(=O)O)c(F)c2)c1. The summed E-state index contributed by atoms with van der Waals surface area (Å²) in [5.41, 5.74) is 1.61. The molecule has 1 aromatic heterocycles. The van der Waals surface area contributed by atoms with Crippen LogP contribution in [0.15, 0.2) is 60.8 Å². The van der Waals surface area contributed by atoms with E-state index in [1.807, 2.05) is 24.3 Å². The lowest BCUT2D eigenvalue weighted by atomic mass is 10.0. The first-order chi connectivity index (χ1) is 12.1. The normalized spacial score (nSPS) is 10.3. The van der Waals surface area contributed by atoms with Crippen molar-refractivity contribution in [3.8, 4) is 16.9 Å². The number of nitrogens with one attached hydrogen (secondary N) is 1. The molecule has 126 valence electrons. The average molecular weight is 338 g/mol. The van der Waals surface area contributed by atoms with E-state index in [0.717, 1.165) is 5.56 Å². The van der Waals surface area contributed by atoms with Gasteiger partial charge in [0, 0.05) is 6.20 Å². The van der Waals surface area contributed by atoms with Crippen molar-refractivity contribution in [1.82, 2.24) is 4.98 Å². The molecule has 0 aliphatic carbocycles. The summed E-state index contributed by atoms with van der Waals surface area (Å²) in [5, 5.41) is 11.9. The van der Waals surface area contributed by atoms with Crippen LogP contribution in [0, 0.1) is 5.82 Å². The Hall–Kier alpha value is -3.41. The fraction of sp³-hybridized carbons (Fsp3) is 0.0526. The number of hydrogen-bond acceptors (Lipinski definition) is 4. The van der Waals surface area contributed by atoms with Gasteiger partial charge in [-0.1, -0.05) is 18.2 Å². The molecule has 0 saturated heterocycles. The third-order valence-corrected chi connectivity index (χ3v) is 3.66. The van der Waals surface area contributed by atoms with Gasteiger partial charge < -0.3 is 15.2 Å². The number of aromatic nitrogens is 1. The van der Waals surface area contributed by atoms with Crippen LogP contribution in [0.1, 0.15) is 10.4 Å². The van der Waals surface area contributed by atoms with Gasteiger partial charge in [0.1, 0.15) is 22.9 Å². The number of pyridine rings is 1. The molecule has 0 fully saturated rings. The minimum atomic E-state index is -1.14. The third-order valence-electron chi connectivity index (χ3n) is 3.66. The highest BCUT2D eigenvalue weighted by Gasteiger charge is 2.13. The maximum absolute atomic E-state index is 14.5. The Kier molecular flexibility index (Phi) is 4.61. The van der Waals surface area contributed by atoms with Crippen molar-refractivity contribution in [3.63, 3.8) is 0 Å². The number of ether oxygens (including phenoxy) is 1. The van der Waals surface area contributed by atoms with Crippen LogP contribution in [-0.4, -0.2) is 23.2 Å². The molecule has 25 heavy (non-hydrogen) atoms. The number of rotatable bonds is 5.